The molecule has 17 heavy (non-hydrogen) atoms. The Bertz CT molecular complexity index is 329. The third-order valence-electron chi connectivity index (χ3n) is 5.47. The first-order valence-electron chi connectivity index (χ1n) is 6.40. The maximum atomic E-state index is 11.7. The van der Waals surface area contributed by atoms with Gasteiger partial charge in [0.1, 0.15) is 12.1 Å². The molecule has 2 aliphatic rings. The van der Waals surface area contributed by atoms with Gasteiger partial charge in [0.25, 0.3) is 0 Å². The van der Waals surface area contributed by atoms with E-state index < -0.39 is 12.0 Å². The zero-order valence-corrected chi connectivity index (χ0v) is 10.9. The molecule has 0 aromatic heterocycles. The molecular weight excluding hydrogens is 218 g/mol. The quantitative estimate of drug-likeness (QED) is 0.725. The summed E-state index contributed by atoms with van der Waals surface area (Å²) in [6.45, 7) is 6.40. The Labute approximate surface area is 103 Å². The fourth-order valence-electron chi connectivity index (χ4n) is 3.61. The molecule has 4 atom stereocenters. The molecule has 0 spiro atoms. The highest BCUT2D eigenvalue weighted by Gasteiger charge is 2.62. The number of esters is 1. The minimum atomic E-state index is -0.902. The topological polar surface area (TPSA) is 72.5 Å². The fraction of sp³-hybridized carbons (Fsp3) is 0.923. The van der Waals surface area contributed by atoms with Crippen LogP contribution in [-0.2, 0) is 9.53 Å². The molecule has 0 aliphatic heterocycles. The summed E-state index contributed by atoms with van der Waals surface area (Å²) >= 11 is 0. The van der Waals surface area contributed by atoms with E-state index in [0.29, 0.717) is 5.92 Å². The zero-order chi connectivity index (χ0) is 12.8. The van der Waals surface area contributed by atoms with Crippen molar-refractivity contribution in [2.45, 2.75) is 52.2 Å². The number of nitrogens with two attached hydrogens (primary N) is 1. The number of fused-ring (bicyclic) bond motifs is 2. The summed E-state index contributed by atoms with van der Waals surface area (Å²) in [6.07, 6.45) is 3.23. The molecule has 2 bridgehead atoms. The fourth-order valence-corrected chi connectivity index (χ4v) is 3.61. The molecule has 0 saturated heterocycles. The number of hydrogen-bond donors (Lipinski definition) is 2. The molecule has 4 nitrogen and oxygen atoms in total. The Kier molecular flexibility index (Phi) is 2.99. The Morgan fingerprint density at radius 1 is 1.53 bits per heavy atom. The normalized spacial score (nSPS) is 40.3. The second-order valence-electron chi connectivity index (χ2n) is 6.33. The molecule has 0 radical (unpaired) electrons. The predicted octanol–water partition coefficient (Wildman–Crippen LogP) is 1.06. The van der Waals surface area contributed by atoms with Crippen LogP contribution in [0.25, 0.3) is 0 Å². The third-order valence-corrected chi connectivity index (χ3v) is 5.47. The molecule has 2 rings (SSSR count). The van der Waals surface area contributed by atoms with Crippen molar-refractivity contribution in [2.75, 3.05) is 6.61 Å². The lowest BCUT2D eigenvalue weighted by atomic mass is 9.70. The average Bonchev–Trinajstić information content (AvgIpc) is 2.60. The van der Waals surface area contributed by atoms with Crippen molar-refractivity contribution in [3.05, 3.63) is 0 Å². The van der Waals surface area contributed by atoms with Crippen molar-refractivity contribution < 1.29 is 14.6 Å². The summed E-state index contributed by atoms with van der Waals surface area (Å²) in [5.74, 6) is 0.165. The Hall–Kier alpha value is -0.610. The monoisotopic (exact) mass is 241 g/mol. The van der Waals surface area contributed by atoms with E-state index >= 15 is 0 Å². The molecule has 0 aromatic rings. The molecule has 2 saturated carbocycles. The summed E-state index contributed by atoms with van der Waals surface area (Å²) in [5.41, 5.74) is 5.76. The van der Waals surface area contributed by atoms with Crippen molar-refractivity contribution in [1.82, 2.24) is 0 Å². The molecule has 4 heteroatoms. The molecule has 98 valence electrons. The Morgan fingerprint density at radius 3 is 2.59 bits per heavy atom. The van der Waals surface area contributed by atoms with Gasteiger partial charge in [0.05, 0.1) is 6.61 Å². The summed E-state index contributed by atoms with van der Waals surface area (Å²) < 4.78 is 5.51. The van der Waals surface area contributed by atoms with Crippen LogP contribution in [0.2, 0.25) is 0 Å². The Balaban J connectivity index is 2.08. The molecule has 2 aliphatic carbocycles. The predicted molar refractivity (Wildman–Crippen MR) is 64.2 cm³/mol. The van der Waals surface area contributed by atoms with E-state index in [1.165, 1.54) is 6.42 Å². The second-order valence-corrected chi connectivity index (χ2v) is 6.33. The van der Waals surface area contributed by atoms with Gasteiger partial charge in [0.15, 0.2) is 0 Å². The lowest BCUT2D eigenvalue weighted by Gasteiger charge is -2.38. The lowest BCUT2D eigenvalue weighted by Crippen LogP contribution is -2.43. The van der Waals surface area contributed by atoms with Crippen LogP contribution in [0, 0.1) is 16.7 Å². The molecule has 3 unspecified atom stereocenters. The van der Waals surface area contributed by atoms with E-state index in [2.05, 4.69) is 20.8 Å². The van der Waals surface area contributed by atoms with E-state index in [-0.39, 0.29) is 23.5 Å². The molecule has 3 N–H and O–H groups in total. The molecule has 0 aromatic carbocycles. The van der Waals surface area contributed by atoms with Crippen LogP contribution < -0.4 is 5.73 Å². The van der Waals surface area contributed by atoms with Gasteiger partial charge >= 0.3 is 5.97 Å². The Morgan fingerprint density at radius 2 is 2.18 bits per heavy atom. The lowest BCUT2D eigenvalue weighted by molar-refractivity contribution is -0.159. The van der Waals surface area contributed by atoms with Gasteiger partial charge < -0.3 is 15.6 Å². The molecule has 2 fully saturated rings. The summed E-state index contributed by atoms with van der Waals surface area (Å²) in [4.78, 5) is 11.7. The van der Waals surface area contributed by atoms with E-state index in [4.69, 9.17) is 15.6 Å². The van der Waals surface area contributed by atoms with Crippen molar-refractivity contribution in [1.29, 1.82) is 0 Å². The number of rotatable bonds is 3. The number of carbonyl (C=O) groups is 1. The van der Waals surface area contributed by atoms with Crippen molar-refractivity contribution in [2.24, 2.45) is 22.5 Å². The molecule has 0 amide bonds. The standard InChI is InChI=1S/C13H23NO3/c1-12(2)8-4-5-13(12,3)10(6-8)17-11(16)9(14)7-15/h8-10,15H,4-7,14H2,1-3H3/t8?,9-,10?,13?/m1/s1. The van der Waals surface area contributed by atoms with Crippen LogP contribution in [0.15, 0.2) is 0 Å². The van der Waals surface area contributed by atoms with Gasteiger partial charge in [-0.25, -0.2) is 0 Å². The number of carbonyl (C=O) groups excluding carboxylic acids is 1. The van der Waals surface area contributed by atoms with Gasteiger partial charge in [-0.2, -0.15) is 0 Å². The van der Waals surface area contributed by atoms with Crippen LogP contribution in [0.5, 0.6) is 0 Å². The first-order chi connectivity index (χ1) is 7.83. The van der Waals surface area contributed by atoms with Crippen LogP contribution in [0.4, 0.5) is 0 Å². The first kappa shape index (κ1) is 12.8. The minimum Gasteiger partial charge on any atom is -0.461 e. The van der Waals surface area contributed by atoms with Gasteiger partial charge in [-0.1, -0.05) is 20.8 Å². The highest BCUT2D eigenvalue weighted by atomic mass is 16.5. The highest BCUT2D eigenvalue weighted by molar-refractivity contribution is 5.75. The smallest absolute Gasteiger partial charge is 0.325 e. The van der Waals surface area contributed by atoms with Crippen LogP contribution in [0.1, 0.15) is 40.0 Å². The van der Waals surface area contributed by atoms with E-state index in [9.17, 15) is 4.79 Å². The van der Waals surface area contributed by atoms with Gasteiger partial charge in [-0.15, -0.1) is 0 Å². The molecule has 0 heterocycles. The van der Waals surface area contributed by atoms with E-state index in [1.807, 2.05) is 0 Å². The zero-order valence-electron chi connectivity index (χ0n) is 10.9. The van der Waals surface area contributed by atoms with Crippen LogP contribution >= 0.6 is 0 Å². The second kappa shape index (κ2) is 3.95. The van der Waals surface area contributed by atoms with Crippen LogP contribution in [-0.4, -0.2) is 29.8 Å². The third kappa shape index (κ3) is 1.69. The highest BCUT2D eigenvalue weighted by Crippen LogP contribution is 2.66. The van der Waals surface area contributed by atoms with Crippen LogP contribution in [0.3, 0.4) is 0 Å². The largest absolute Gasteiger partial charge is 0.461 e. The summed E-state index contributed by atoms with van der Waals surface area (Å²) in [5, 5.41) is 8.85. The maximum absolute atomic E-state index is 11.7. The summed E-state index contributed by atoms with van der Waals surface area (Å²) in [7, 11) is 0. The van der Waals surface area contributed by atoms with Crippen molar-refractivity contribution >= 4 is 5.97 Å². The summed E-state index contributed by atoms with van der Waals surface area (Å²) in [6, 6.07) is -0.902. The number of aliphatic hydroxyl groups excluding tert-OH is 1. The SMILES string of the molecule is CC1(C)C2CCC1(C)C(OC(=O)[C@H](N)CO)C2. The van der Waals surface area contributed by atoms with Gasteiger partial charge in [0.2, 0.25) is 0 Å². The number of ether oxygens (including phenoxy) is 1. The van der Waals surface area contributed by atoms with Gasteiger partial charge in [-0.3, -0.25) is 4.79 Å². The number of aliphatic hydroxyl groups is 1. The first-order valence-corrected chi connectivity index (χ1v) is 6.40. The number of hydrogen-bond acceptors (Lipinski definition) is 4. The van der Waals surface area contributed by atoms with Crippen molar-refractivity contribution in [3.8, 4) is 0 Å². The molecular formula is C13H23NO3. The van der Waals surface area contributed by atoms with Crippen molar-refractivity contribution in [3.63, 3.8) is 0 Å². The maximum Gasteiger partial charge on any atom is 0.325 e. The van der Waals surface area contributed by atoms with E-state index in [0.717, 1.165) is 12.8 Å². The van der Waals surface area contributed by atoms with Gasteiger partial charge in [0, 0.05) is 5.41 Å². The van der Waals surface area contributed by atoms with Gasteiger partial charge in [-0.05, 0) is 30.6 Å². The van der Waals surface area contributed by atoms with E-state index in [1.54, 1.807) is 0 Å². The average molecular weight is 241 g/mol. The minimum absolute atomic E-state index is 0.0404.